The molecule has 0 atom stereocenters. The summed E-state index contributed by atoms with van der Waals surface area (Å²) in [5, 5.41) is 3.17. The SMILES string of the molecule is CCC1(CC)NC(=O)CN(Cc2cc(F)ccc2Cl)C1=O. The molecule has 6 heteroatoms. The Morgan fingerprint density at radius 1 is 1.33 bits per heavy atom. The Kier molecular flexibility index (Phi) is 4.52. The number of piperazine rings is 1. The van der Waals surface area contributed by atoms with E-state index >= 15 is 0 Å². The molecule has 2 amide bonds. The fourth-order valence-electron chi connectivity index (χ4n) is 2.63. The second-order valence-electron chi connectivity index (χ2n) is 5.23. The van der Waals surface area contributed by atoms with Gasteiger partial charge in [0.1, 0.15) is 11.4 Å². The van der Waals surface area contributed by atoms with Gasteiger partial charge in [0.05, 0.1) is 6.54 Å². The molecule has 0 spiro atoms. The molecule has 1 aromatic carbocycles. The van der Waals surface area contributed by atoms with Crippen LogP contribution in [0.4, 0.5) is 4.39 Å². The fourth-order valence-corrected chi connectivity index (χ4v) is 2.81. The van der Waals surface area contributed by atoms with Gasteiger partial charge in [-0.1, -0.05) is 25.4 Å². The Morgan fingerprint density at radius 2 is 2.00 bits per heavy atom. The highest BCUT2D eigenvalue weighted by atomic mass is 35.5. The van der Waals surface area contributed by atoms with Crippen LogP contribution in [0.2, 0.25) is 5.02 Å². The predicted octanol–water partition coefficient (Wildman–Crippen LogP) is 2.50. The zero-order valence-electron chi connectivity index (χ0n) is 12.1. The van der Waals surface area contributed by atoms with Crippen molar-refractivity contribution in [3.05, 3.63) is 34.6 Å². The first-order chi connectivity index (χ1) is 9.91. The lowest BCUT2D eigenvalue weighted by Crippen LogP contribution is -2.65. The number of hydrogen-bond acceptors (Lipinski definition) is 2. The third-order valence-electron chi connectivity index (χ3n) is 3.99. The van der Waals surface area contributed by atoms with Gasteiger partial charge in [-0.3, -0.25) is 9.59 Å². The molecule has 21 heavy (non-hydrogen) atoms. The number of carbonyl (C=O) groups excluding carboxylic acids is 2. The van der Waals surface area contributed by atoms with Gasteiger partial charge in [0.15, 0.2) is 0 Å². The van der Waals surface area contributed by atoms with E-state index in [-0.39, 0.29) is 24.9 Å². The van der Waals surface area contributed by atoms with Crippen LogP contribution in [0.5, 0.6) is 0 Å². The smallest absolute Gasteiger partial charge is 0.249 e. The number of hydrogen-bond donors (Lipinski definition) is 1. The second kappa shape index (κ2) is 6.02. The van der Waals surface area contributed by atoms with Crippen LogP contribution in [0.25, 0.3) is 0 Å². The highest BCUT2D eigenvalue weighted by molar-refractivity contribution is 6.31. The molecule has 0 bridgehead atoms. The Balaban J connectivity index is 2.28. The van der Waals surface area contributed by atoms with Gasteiger partial charge in [-0.05, 0) is 36.6 Å². The maximum Gasteiger partial charge on any atom is 0.249 e. The van der Waals surface area contributed by atoms with Crippen molar-refractivity contribution < 1.29 is 14.0 Å². The van der Waals surface area contributed by atoms with Crippen molar-refractivity contribution in [1.29, 1.82) is 0 Å². The molecule has 1 heterocycles. The van der Waals surface area contributed by atoms with Crippen LogP contribution in [-0.2, 0) is 16.1 Å². The molecular weight excluding hydrogens is 295 g/mol. The van der Waals surface area contributed by atoms with Crippen molar-refractivity contribution in [2.75, 3.05) is 6.54 Å². The summed E-state index contributed by atoms with van der Waals surface area (Å²) in [6, 6.07) is 4.01. The van der Waals surface area contributed by atoms with E-state index < -0.39 is 11.4 Å². The van der Waals surface area contributed by atoms with Crippen molar-refractivity contribution in [3.8, 4) is 0 Å². The van der Waals surface area contributed by atoms with Crippen molar-refractivity contribution in [1.82, 2.24) is 10.2 Å². The molecule has 0 radical (unpaired) electrons. The lowest BCUT2D eigenvalue weighted by molar-refractivity contribution is -0.151. The Hall–Kier alpha value is -1.62. The van der Waals surface area contributed by atoms with E-state index in [1.807, 2.05) is 13.8 Å². The Bertz CT molecular complexity index is 573. The molecule has 0 aliphatic carbocycles. The van der Waals surface area contributed by atoms with Crippen LogP contribution >= 0.6 is 11.6 Å². The summed E-state index contributed by atoms with van der Waals surface area (Å²) in [7, 11) is 0. The fraction of sp³-hybridized carbons (Fsp3) is 0.467. The molecule has 1 saturated heterocycles. The zero-order valence-corrected chi connectivity index (χ0v) is 12.8. The predicted molar refractivity (Wildman–Crippen MR) is 78.3 cm³/mol. The molecule has 0 aromatic heterocycles. The third-order valence-corrected chi connectivity index (χ3v) is 4.35. The molecule has 1 fully saturated rings. The molecule has 1 aliphatic heterocycles. The van der Waals surface area contributed by atoms with Crippen LogP contribution in [-0.4, -0.2) is 28.8 Å². The summed E-state index contributed by atoms with van der Waals surface area (Å²) in [5.74, 6) is -0.765. The van der Waals surface area contributed by atoms with Crippen molar-refractivity contribution in [3.63, 3.8) is 0 Å². The molecule has 114 valence electrons. The lowest BCUT2D eigenvalue weighted by Gasteiger charge is -2.41. The first-order valence-corrected chi connectivity index (χ1v) is 7.34. The standard InChI is InChI=1S/C15H18ClFN2O2/c1-3-15(4-2)14(21)19(9-13(20)18-15)8-10-7-11(17)5-6-12(10)16/h5-7H,3-4,8-9H2,1-2H3,(H,18,20). The highest BCUT2D eigenvalue weighted by Gasteiger charge is 2.43. The summed E-state index contributed by atoms with van der Waals surface area (Å²) in [6.45, 7) is 3.82. The van der Waals surface area contributed by atoms with E-state index in [0.717, 1.165) is 0 Å². The van der Waals surface area contributed by atoms with Crippen LogP contribution in [0, 0.1) is 5.82 Å². The van der Waals surface area contributed by atoms with E-state index in [4.69, 9.17) is 11.6 Å². The quantitative estimate of drug-likeness (QED) is 0.928. The minimum atomic E-state index is -0.866. The molecule has 1 aromatic rings. The van der Waals surface area contributed by atoms with Gasteiger partial charge >= 0.3 is 0 Å². The van der Waals surface area contributed by atoms with Gasteiger partial charge in [0.2, 0.25) is 11.8 Å². The molecule has 2 rings (SSSR count). The molecule has 1 N–H and O–H groups in total. The molecule has 4 nitrogen and oxygen atoms in total. The van der Waals surface area contributed by atoms with Crippen LogP contribution in [0.3, 0.4) is 0 Å². The number of benzene rings is 1. The van der Waals surface area contributed by atoms with E-state index in [0.29, 0.717) is 23.4 Å². The average Bonchev–Trinajstić information content (AvgIpc) is 2.46. The van der Waals surface area contributed by atoms with Crippen LogP contribution < -0.4 is 5.32 Å². The van der Waals surface area contributed by atoms with E-state index in [1.165, 1.54) is 23.1 Å². The third kappa shape index (κ3) is 3.02. The molecule has 0 saturated carbocycles. The molecule has 0 unspecified atom stereocenters. The van der Waals surface area contributed by atoms with Crippen molar-refractivity contribution >= 4 is 23.4 Å². The van der Waals surface area contributed by atoms with Crippen LogP contribution in [0.1, 0.15) is 32.3 Å². The van der Waals surface area contributed by atoms with Crippen molar-refractivity contribution in [2.45, 2.75) is 38.8 Å². The summed E-state index contributed by atoms with van der Waals surface area (Å²) in [4.78, 5) is 25.9. The largest absolute Gasteiger partial charge is 0.340 e. The summed E-state index contributed by atoms with van der Waals surface area (Å²) >= 11 is 6.03. The highest BCUT2D eigenvalue weighted by Crippen LogP contribution is 2.25. The minimum absolute atomic E-state index is 0.0343. The Labute approximate surface area is 128 Å². The average molecular weight is 313 g/mol. The van der Waals surface area contributed by atoms with E-state index in [2.05, 4.69) is 5.32 Å². The number of nitrogens with one attached hydrogen (secondary N) is 1. The van der Waals surface area contributed by atoms with E-state index in [9.17, 15) is 14.0 Å². The van der Waals surface area contributed by atoms with Gasteiger partial charge in [-0.15, -0.1) is 0 Å². The summed E-state index contributed by atoms with van der Waals surface area (Å²) in [6.07, 6.45) is 1.03. The zero-order chi connectivity index (χ0) is 15.6. The van der Waals surface area contributed by atoms with E-state index in [1.54, 1.807) is 0 Å². The minimum Gasteiger partial charge on any atom is -0.340 e. The number of amides is 2. The van der Waals surface area contributed by atoms with Gasteiger partial charge in [0, 0.05) is 11.6 Å². The summed E-state index contributed by atoms with van der Waals surface area (Å²) < 4.78 is 13.3. The van der Waals surface area contributed by atoms with Gasteiger partial charge in [-0.25, -0.2) is 4.39 Å². The maximum atomic E-state index is 13.3. The number of halogens is 2. The number of carbonyl (C=O) groups is 2. The van der Waals surface area contributed by atoms with Gasteiger partial charge in [-0.2, -0.15) is 0 Å². The first-order valence-electron chi connectivity index (χ1n) is 6.96. The molecule has 1 aliphatic rings. The topological polar surface area (TPSA) is 49.4 Å². The number of nitrogens with zero attached hydrogens (tertiary/aromatic N) is 1. The summed E-state index contributed by atoms with van der Waals surface area (Å²) in [5.41, 5.74) is -0.365. The van der Waals surface area contributed by atoms with Gasteiger partial charge in [0.25, 0.3) is 0 Å². The lowest BCUT2D eigenvalue weighted by atomic mass is 9.88. The first kappa shape index (κ1) is 15.8. The molecular formula is C15H18ClFN2O2. The van der Waals surface area contributed by atoms with Gasteiger partial charge < -0.3 is 10.2 Å². The Morgan fingerprint density at radius 3 is 2.62 bits per heavy atom. The van der Waals surface area contributed by atoms with Crippen LogP contribution in [0.15, 0.2) is 18.2 Å². The monoisotopic (exact) mass is 312 g/mol. The normalized spacial score (nSPS) is 17.8. The maximum absolute atomic E-state index is 13.3. The number of rotatable bonds is 4. The van der Waals surface area contributed by atoms with Crippen molar-refractivity contribution in [2.24, 2.45) is 0 Å². The second-order valence-corrected chi connectivity index (χ2v) is 5.64.